The van der Waals surface area contributed by atoms with Crippen molar-refractivity contribution < 1.29 is 0 Å². The van der Waals surface area contributed by atoms with Crippen molar-refractivity contribution in [3.63, 3.8) is 0 Å². The van der Waals surface area contributed by atoms with E-state index in [2.05, 4.69) is 23.6 Å². The van der Waals surface area contributed by atoms with Crippen molar-refractivity contribution >= 4 is 11.6 Å². The van der Waals surface area contributed by atoms with Gasteiger partial charge in [-0.05, 0) is 38.0 Å². The van der Waals surface area contributed by atoms with Gasteiger partial charge in [0.15, 0.2) is 0 Å². The fourth-order valence-corrected chi connectivity index (χ4v) is 1.37. The van der Waals surface area contributed by atoms with Crippen molar-refractivity contribution in [1.29, 1.82) is 5.41 Å². The summed E-state index contributed by atoms with van der Waals surface area (Å²) in [5.41, 5.74) is 2.82. The maximum atomic E-state index is 6.91. The molecule has 15 heavy (non-hydrogen) atoms. The van der Waals surface area contributed by atoms with E-state index in [1.807, 2.05) is 39.0 Å². The molecule has 0 radical (unpaired) electrons. The van der Waals surface area contributed by atoms with Gasteiger partial charge in [0.05, 0.1) is 11.5 Å². The van der Waals surface area contributed by atoms with E-state index in [4.69, 9.17) is 5.41 Å². The third-order valence-electron chi connectivity index (χ3n) is 2.40. The molecule has 1 aromatic carbocycles. The largest absolute Gasteiger partial charge is 0.242 e. The third-order valence-corrected chi connectivity index (χ3v) is 2.40. The van der Waals surface area contributed by atoms with Gasteiger partial charge in [-0.2, -0.15) is 0 Å². The van der Waals surface area contributed by atoms with Gasteiger partial charge in [0.25, 0.3) is 0 Å². The maximum absolute atomic E-state index is 6.91. The van der Waals surface area contributed by atoms with E-state index >= 15 is 0 Å². The van der Waals surface area contributed by atoms with Crippen molar-refractivity contribution in [1.82, 2.24) is 0 Å². The minimum atomic E-state index is -0.396. The van der Waals surface area contributed by atoms with Gasteiger partial charge in [-0.1, -0.05) is 30.4 Å². The molecule has 1 aromatic rings. The number of allylic oxidation sites excluding steroid dienone is 1. The fourth-order valence-electron chi connectivity index (χ4n) is 1.37. The molecule has 2 heteroatoms. The highest BCUT2D eigenvalue weighted by atomic mass is 14.8. The van der Waals surface area contributed by atoms with Crippen LogP contribution >= 0.6 is 0 Å². The number of aliphatic imine (C=N–C) groups is 1. The first-order chi connectivity index (χ1) is 6.97. The summed E-state index contributed by atoms with van der Waals surface area (Å²) < 4.78 is 0. The van der Waals surface area contributed by atoms with Crippen molar-refractivity contribution in [2.45, 2.75) is 26.3 Å². The minimum Gasteiger partial charge on any atom is -0.242 e. The minimum absolute atomic E-state index is 0.396. The van der Waals surface area contributed by atoms with Crippen molar-refractivity contribution in [2.75, 3.05) is 0 Å². The Hall–Kier alpha value is -1.66. The molecule has 1 rings (SSSR count). The summed E-state index contributed by atoms with van der Waals surface area (Å²) in [7, 11) is 0. The van der Waals surface area contributed by atoms with E-state index in [0.29, 0.717) is 0 Å². The lowest BCUT2D eigenvalue weighted by Crippen LogP contribution is -2.13. The first-order valence-electron chi connectivity index (χ1n) is 4.87. The number of benzene rings is 1. The van der Waals surface area contributed by atoms with Gasteiger partial charge in [0.2, 0.25) is 0 Å². The van der Waals surface area contributed by atoms with Crippen LogP contribution in [-0.2, 0) is 5.54 Å². The summed E-state index contributed by atoms with van der Waals surface area (Å²) in [5.74, 6) is 0. The average molecular weight is 200 g/mol. The molecule has 0 fully saturated rings. The van der Waals surface area contributed by atoms with Crippen molar-refractivity contribution in [3.05, 3.63) is 42.0 Å². The van der Waals surface area contributed by atoms with Crippen LogP contribution in [0.25, 0.3) is 5.57 Å². The molecule has 0 atom stereocenters. The molecule has 0 amide bonds. The van der Waals surface area contributed by atoms with Crippen molar-refractivity contribution in [2.24, 2.45) is 4.99 Å². The van der Waals surface area contributed by atoms with E-state index in [0.717, 1.165) is 16.7 Å². The van der Waals surface area contributed by atoms with Crippen LogP contribution in [0.3, 0.4) is 0 Å². The topological polar surface area (TPSA) is 36.2 Å². The van der Waals surface area contributed by atoms with Gasteiger partial charge < -0.3 is 0 Å². The quantitative estimate of drug-likeness (QED) is 0.722. The summed E-state index contributed by atoms with van der Waals surface area (Å²) in [4.78, 5) is 4.01. The van der Waals surface area contributed by atoms with E-state index in [9.17, 15) is 0 Å². The normalized spacial score (nSPS) is 10.6. The molecule has 0 spiro atoms. The standard InChI is InChI=1S/C13H16N2/c1-10(2)11-6-5-7-12(8-11)13(3,4)15-9-14/h5-8,14H,1H2,2-4H3. The molecule has 0 unspecified atom stereocenters. The molecule has 1 N–H and O–H groups in total. The van der Waals surface area contributed by atoms with E-state index in [1.165, 1.54) is 0 Å². The maximum Gasteiger partial charge on any atom is 0.0910 e. The van der Waals surface area contributed by atoms with Gasteiger partial charge in [0, 0.05) is 0 Å². The van der Waals surface area contributed by atoms with E-state index in [-0.39, 0.29) is 0 Å². The Bertz CT molecular complexity index is 424. The third kappa shape index (κ3) is 2.64. The number of hydrogen-bond donors (Lipinski definition) is 1. The summed E-state index contributed by atoms with van der Waals surface area (Å²) in [5, 5.41) is 6.91. The van der Waals surface area contributed by atoms with Crippen LogP contribution < -0.4 is 0 Å². The summed E-state index contributed by atoms with van der Waals surface area (Å²) in [6.07, 6.45) is 0. The summed E-state index contributed by atoms with van der Waals surface area (Å²) in [6.45, 7) is 9.82. The molecule has 78 valence electrons. The molecule has 2 nitrogen and oxygen atoms in total. The number of nitrogens with one attached hydrogen (secondary N) is 1. The van der Waals surface area contributed by atoms with Crippen LogP contribution in [0.2, 0.25) is 0 Å². The van der Waals surface area contributed by atoms with Gasteiger partial charge in [-0.3, -0.25) is 0 Å². The van der Waals surface area contributed by atoms with Gasteiger partial charge in [-0.25, -0.2) is 10.4 Å². The first-order valence-corrected chi connectivity index (χ1v) is 4.87. The predicted octanol–water partition coefficient (Wildman–Crippen LogP) is 3.71. The van der Waals surface area contributed by atoms with Gasteiger partial charge in [0.1, 0.15) is 0 Å². The van der Waals surface area contributed by atoms with Crippen LogP contribution in [0.4, 0.5) is 0 Å². The molecule has 0 aliphatic carbocycles. The van der Waals surface area contributed by atoms with Gasteiger partial charge in [-0.15, -0.1) is 0 Å². The second kappa shape index (κ2) is 4.24. The number of rotatable bonds is 3. The van der Waals surface area contributed by atoms with Crippen LogP contribution in [0.1, 0.15) is 31.9 Å². The molecule has 0 saturated heterocycles. The predicted molar refractivity (Wildman–Crippen MR) is 64.3 cm³/mol. The molecule has 0 aromatic heterocycles. The Labute approximate surface area is 90.9 Å². The smallest absolute Gasteiger partial charge is 0.0910 e. The Morgan fingerprint density at radius 3 is 2.67 bits per heavy atom. The van der Waals surface area contributed by atoms with Crippen molar-refractivity contribution in [3.8, 4) is 0 Å². The van der Waals surface area contributed by atoms with E-state index in [1.54, 1.807) is 0 Å². The Morgan fingerprint density at radius 2 is 2.13 bits per heavy atom. The van der Waals surface area contributed by atoms with Crippen LogP contribution in [0.15, 0.2) is 35.8 Å². The number of nitrogens with zero attached hydrogens (tertiary/aromatic N) is 1. The molecular formula is C13H16N2. The highest BCUT2D eigenvalue weighted by molar-refractivity contribution is 5.62. The average Bonchev–Trinajstić information content (AvgIpc) is 2.18. The fraction of sp³-hybridized carbons (Fsp3) is 0.308. The zero-order valence-electron chi connectivity index (χ0n) is 9.46. The Morgan fingerprint density at radius 1 is 1.47 bits per heavy atom. The van der Waals surface area contributed by atoms with Gasteiger partial charge >= 0.3 is 0 Å². The lowest BCUT2D eigenvalue weighted by molar-refractivity contribution is 0.561. The first kappa shape index (κ1) is 11.4. The summed E-state index contributed by atoms with van der Waals surface area (Å²) in [6, 6.07) is 10.2. The monoisotopic (exact) mass is 200 g/mol. The second-order valence-corrected chi connectivity index (χ2v) is 4.14. The zero-order chi connectivity index (χ0) is 11.5. The molecule has 0 heterocycles. The highest BCUT2D eigenvalue weighted by Gasteiger charge is 2.18. The molecular weight excluding hydrogens is 184 g/mol. The Kier molecular flexibility index (Phi) is 3.23. The van der Waals surface area contributed by atoms with Crippen LogP contribution in [-0.4, -0.2) is 6.01 Å². The van der Waals surface area contributed by atoms with E-state index < -0.39 is 5.54 Å². The Balaban J connectivity index is 3.21. The van der Waals surface area contributed by atoms with Crippen LogP contribution in [0.5, 0.6) is 0 Å². The van der Waals surface area contributed by atoms with Crippen LogP contribution in [0, 0.1) is 5.41 Å². The lowest BCUT2D eigenvalue weighted by atomic mass is 9.92. The molecule has 0 saturated carbocycles. The lowest BCUT2D eigenvalue weighted by Gasteiger charge is -2.19. The highest BCUT2D eigenvalue weighted by Crippen LogP contribution is 2.26. The molecule has 0 aliphatic heterocycles. The molecule has 0 bridgehead atoms. The second-order valence-electron chi connectivity index (χ2n) is 4.14. The molecule has 0 aliphatic rings. The zero-order valence-corrected chi connectivity index (χ0v) is 9.46. The summed E-state index contributed by atoms with van der Waals surface area (Å²) >= 11 is 0. The SMILES string of the molecule is C=C(C)c1cccc(C(C)(C)N=C=N)c1. The number of hydrogen-bond acceptors (Lipinski definition) is 2.